The van der Waals surface area contributed by atoms with E-state index in [-0.39, 0.29) is 5.75 Å². The van der Waals surface area contributed by atoms with Crippen LogP contribution in [0.3, 0.4) is 0 Å². The fraction of sp³-hybridized carbons (Fsp3) is 1.00. The Morgan fingerprint density at radius 1 is 1.56 bits per heavy atom. The lowest BCUT2D eigenvalue weighted by Crippen LogP contribution is -2.17. The van der Waals surface area contributed by atoms with Crippen molar-refractivity contribution in [2.75, 3.05) is 5.75 Å². The summed E-state index contributed by atoms with van der Waals surface area (Å²) in [6, 6.07) is 0. The van der Waals surface area contributed by atoms with Gasteiger partial charge in [0.25, 0.3) is 10.1 Å². The van der Waals surface area contributed by atoms with Gasteiger partial charge in [0.05, 0.1) is 5.75 Å². The number of rotatable bonds is 4. The van der Waals surface area contributed by atoms with Gasteiger partial charge in [0.2, 0.25) is 0 Å². The molecule has 0 unspecified atom stereocenters. The van der Waals surface area contributed by atoms with E-state index in [0.29, 0.717) is 6.42 Å². The Labute approximate surface area is 54.5 Å². The van der Waals surface area contributed by atoms with Crippen molar-refractivity contribution in [1.29, 1.82) is 0 Å². The first-order valence-electron chi connectivity index (χ1n) is 2.66. The highest BCUT2D eigenvalue weighted by Crippen LogP contribution is 1.94. The van der Waals surface area contributed by atoms with Crippen molar-refractivity contribution in [1.82, 2.24) is 0 Å². The van der Waals surface area contributed by atoms with Crippen LogP contribution in [-0.4, -0.2) is 14.2 Å². The summed E-state index contributed by atoms with van der Waals surface area (Å²) in [4.78, 5) is 0. The molecule has 0 bridgehead atoms. The van der Waals surface area contributed by atoms with Gasteiger partial charge < -0.3 is 9.59 Å². The molecule has 0 saturated carbocycles. The quantitative estimate of drug-likeness (QED) is 0.400. The molecule has 0 rings (SSSR count). The number of unbranched alkanes of at least 4 members (excludes halogenated alkanes) is 1. The molecular weight excluding hydrogens is 144 g/mol. The molecule has 0 aliphatic heterocycles. The van der Waals surface area contributed by atoms with Gasteiger partial charge in [-0.25, -0.2) is 8.42 Å². The van der Waals surface area contributed by atoms with Crippen molar-refractivity contribution in [3.05, 3.63) is 0 Å². The predicted molar refractivity (Wildman–Crippen MR) is 29.8 cm³/mol. The first-order chi connectivity index (χ1) is 4.12. The summed E-state index contributed by atoms with van der Waals surface area (Å²) in [6.45, 7) is 1.83. The lowest BCUT2D eigenvalue weighted by Gasteiger charge is -2.05. The van der Waals surface area contributed by atoms with Crippen LogP contribution < -0.4 is 5.26 Å². The fourth-order valence-electron chi connectivity index (χ4n) is 0.355. The Balaban J connectivity index is 3.61. The summed E-state index contributed by atoms with van der Waals surface area (Å²) in [5.74, 6) is -0.174. The van der Waals surface area contributed by atoms with E-state index in [9.17, 15) is 13.7 Å². The molecular formula is C4H9O4S-. The Morgan fingerprint density at radius 2 is 2.11 bits per heavy atom. The molecule has 0 aliphatic carbocycles. The second kappa shape index (κ2) is 3.81. The van der Waals surface area contributed by atoms with Crippen molar-refractivity contribution in [2.45, 2.75) is 19.8 Å². The third-order valence-corrected chi connectivity index (χ3v) is 1.85. The molecule has 9 heavy (non-hydrogen) atoms. The van der Waals surface area contributed by atoms with Crippen molar-refractivity contribution in [2.24, 2.45) is 0 Å². The molecule has 0 aromatic rings. The normalized spacial score (nSPS) is 11.8. The molecule has 0 radical (unpaired) electrons. The molecule has 0 saturated heterocycles. The van der Waals surface area contributed by atoms with E-state index < -0.39 is 10.1 Å². The zero-order chi connectivity index (χ0) is 7.33. The maximum atomic E-state index is 10.2. The van der Waals surface area contributed by atoms with Gasteiger partial charge in [0, 0.05) is 0 Å². The van der Waals surface area contributed by atoms with Gasteiger partial charge in [0.1, 0.15) is 0 Å². The molecule has 56 valence electrons. The molecule has 0 aromatic carbocycles. The largest absolute Gasteiger partial charge is 0.707 e. The summed E-state index contributed by atoms with van der Waals surface area (Å²) in [5, 5.41) is 9.37. The van der Waals surface area contributed by atoms with Crippen LogP contribution in [0.25, 0.3) is 0 Å². The monoisotopic (exact) mass is 153 g/mol. The van der Waals surface area contributed by atoms with Gasteiger partial charge in [0.15, 0.2) is 0 Å². The van der Waals surface area contributed by atoms with Crippen LogP contribution in [0.2, 0.25) is 0 Å². The summed E-state index contributed by atoms with van der Waals surface area (Å²) >= 11 is 0. The van der Waals surface area contributed by atoms with E-state index >= 15 is 0 Å². The average Bonchev–Trinajstić information content (AvgIpc) is 1.84. The van der Waals surface area contributed by atoms with Crippen LogP contribution in [0, 0.1) is 0 Å². The third kappa shape index (κ3) is 4.38. The molecule has 4 nitrogen and oxygen atoms in total. The third-order valence-electron chi connectivity index (χ3n) is 0.852. The van der Waals surface area contributed by atoms with Crippen molar-refractivity contribution < 1.29 is 18.0 Å². The van der Waals surface area contributed by atoms with Crippen molar-refractivity contribution >= 4 is 10.1 Å². The maximum absolute atomic E-state index is 10.2. The molecule has 5 heteroatoms. The van der Waals surface area contributed by atoms with Crippen molar-refractivity contribution in [3.8, 4) is 0 Å². The summed E-state index contributed by atoms with van der Waals surface area (Å²) < 4.78 is 23.4. The summed E-state index contributed by atoms with van der Waals surface area (Å²) in [6.07, 6.45) is 1.22. The van der Waals surface area contributed by atoms with E-state index in [4.69, 9.17) is 0 Å². The minimum atomic E-state index is -3.74. The van der Waals surface area contributed by atoms with Crippen LogP contribution in [-0.2, 0) is 14.5 Å². The molecule has 0 aliphatic rings. The molecule has 0 aromatic heterocycles. The van der Waals surface area contributed by atoms with Crippen LogP contribution in [0.15, 0.2) is 0 Å². The molecule has 0 amide bonds. The summed E-state index contributed by atoms with van der Waals surface area (Å²) in [7, 11) is -3.74. The molecule has 0 fully saturated rings. The van der Waals surface area contributed by atoms with Gasteiger partial charge in [-0.1, -0.05) is 13.3 Å². The first kappa shape index (κ1) is 8.87. The van der Waals surface area contributed by atoms with Crippen molar-refractivity contribution in [3.63, 3.8) is 0 Å². The topological polar surface area (TPSA) is 66.4 Å². The van der Waals surface area contributed by atoms with Crippen LogP contribution in [0.1, 0.15) is 19.8 Å². The lowest BCUT2D eigenvalue weighted by molar-refractivity contribution is -0.634. The van der Waals surface area contributed by atoms with E-state index in [2.05, 4.69) is 4.33 Å². The fourth-order valence-corrected chi connectivity index (χ4v) is 1.07. The molecule has 0 atom stereocenters. The van der Waals surface area contributed by atoms with E-state index in [1.807, 2.05) is 6.92 Å². The highest BCUT2D eigenvalue weighted by atomic mass is 32.2. The van der Waals surface area contributed by atoms with E-state index in [1.165, 1.54) is 0 Å². The molecule has 0 heterocycles. The van der Waals surface area contributed by atoms with Crippen LogP contribution in [0.5, 0.6) is 0 Å². The minimum absolute atomic E-state index is 0.174. The Morgan fingerprint density at radius 3 is 2.44 bits per heavy atom. The van der Waals surface area contributed by atoms with Gasteiger partial charge in [-0.05, 0) is 6.42 Å². The zero-order valence-electron chi connectivity index (χ0n) is 5.16. The lowest BCUT2D eigenvalue weighted by atomic mass is 10.4. The second-order valence-electron chi connectivity index (χ2n) is 1.68. The standard InChI is InChI=1S/C4H10O4S/c1-2-3-4-9(6,7)8-5/h5H,2-4H2,1H3/p-1. The van der Waals surface area contributed by atoms with Gasteiger partial charge in [-0.15, -0.1) is 0 Å². The van der Waals surface area contributed by atoms with Gasteiger partial charge in [-0.2, -0.15) is 0 Å². The van der Waals surface area contributed by atoms with E-state index in [0.717, 1.165) is 6.42 Å². The van der Waals surface area contributed by atoms with E-state index in [1.54, 1.807) is 0 Å². The SMILES string of the molecule is CCCCS(=O)(=O)O[O-]. The Kier molecular flexibility index (Phi) is 3.76. The minimum Gasteiger partial charge on any atom is -0.707 e. The highest BCUT2D eigenvalue weighted by molar-refractivity contribution is 7.86. The van der Waals surface area contributed by atoms with Crippen LogP contribution >= 0.6 is 0 Å². The maximum Gasteiger partial charge on any atom is 0.258 e. The number of hydrogen-bond donors (Lipinski definition) is 0. The second-order valence-corrected chi connectivity index (χ2v) is 3.34. The Hall–Kier alpha value is -0.130. The van der Waals surface area contributed by atoms with Crippen LogP contribution in [0.4, 0.5) is 0 Å². The zero-order valence-corrected chi connectivity index (χ0v) is 5.98. The first-order valence-corrected chi connectivity index (χ1v) is 4.24. The highest BCUT2D eigenvalue weighted by Gasteiger charge is 2.02. The predicted octanol–water partition coefficient (Wildman–Crippen LogP) is -0.592. The average molecular weight is 153 g/mol. The molecule has 0 N–H and O–H groups in total. The van der Waals surface area contributed by atoms with Gasteiger partial charge in [-0.3, -0.25) is 0 Å². The Bertz CT molecular complexity index is 148. The smallest absolute Gasteiger partial charge is 0.258 e. The number of hydrogen-bond acceptors (Lipinski definition) is 4. The summed E-state index contributed by atoms with van der Waals surface area (Å²) in [5.41, 5.74) is 0. The van der Waals surface area contributed by atoms with Gasteiger partial charge >= 0.3 is 0 Å². The molecule has 0 spiro atoms.